The summed E-state index contributed by atoms with van der Waals surface area (Å²) in [7, 11) is -9.54. The van der Waals surface area contributed by atoms with Crippen LogP contribution in [0.15, 0.2) is 58.3 Å². The van der Waals surface area contributed by atoms with Crippen LogP contribution >= 0.6 is 0 Å². The number of carbonyl (C=O) groups excluding carboxylic acids is 1. The summed E-state index contributed by atoms with van der Waals surface area (Å²) in [6.45, 7) is 4.02. The van der Waals surface area contributed by atoms with Gasteiger partial charge < -0.3 is 25.1 Å². The lowest BCUT2D eigenvalue weighted by Gasteiger charge is -2.38. The highest BCUT2D eigenvalue weighted by Gasteiger charge is 2.77. The Morgan fingerprint density at radius 3 is 1.51 bits per heavy atom. The average Bonchev–Trinajstić information content (AvgIpc) is 2.84. The highest BCUT2D eigenvalue weighted by molar-refractivity contribution is 7.98. The van der Waals surface area contributed by atoms with Crippen molar-refractivity contribution in [1.82, 2.24) is 9.96 Å². The molecule has 0 aliphatic carbocycles. The van der Waals surface area contributed by atoms with Gasteiger partial charge in [0.25, 0.3) is 0 Å². The molecular formula is C23H28N2O10S2. The molecule has 1 heterocycles. The van der Waals surface area contributed by atoms with Gasteiger partial charge in [0.1, 0.15) is 0 Å². The van der Waals surface area contributed by atoms with Crippen LogP contribution in [0, 0.1) is 13.8 Å². The molecule has 1 saturated heterocycles. The zero-order valence-electron chi connectivity index (χ0n) is 20.4. The van der Waals surface area contributed by atoms with Gasteiger partial charge in [0.05, 0.1) is 9.79 Å². The number of carboxylic acids is 1. The van der Waals surface area contributed by atoms with E-state index in [-0.39, 0.29) is 13.1 Å². The fourth-order valence-corrected chi connectivity index (χ4v) is 7.42. The van der Waals surface area contributed by atoms with Gasteiger partial charge >= 0.3 is 21.8 Å². The van der Waals surface area contributed by atoms with Crippen LogP contribution in [0.5, 0.6) is 0 Å². The second kappa shape index (κ2) is 10.1. The van der Waals surface area contributed by atoms with E-state index in [1.54, 1.807) is 20.9 Å². The number of aryl methyl sites for hydroxylation is 2. The predicted octanol–water partition coefficient (Wildman–Crippen LogP) is -0.282. The summed E-state index contributed by atoms with van der Waals surface area (Å²) in [4.78, 5) is 21.9. The number of hydrogen-bond acceptors (Lipinski definition) is 11. The number of hydrogen-bond donors (Lipinski definition) is 3. The minimum atomic E-state index is -5.67. The summed E-state index contributed by atoms with van der Waals surface area (Å²) in [5.74, 6) is -4.88. The smallest absolute Gasteiger partial charge is 0.378 e. The molecule has 1 aliphatic heterocycles. The SMILES string of the molecule is Cc1ccc(S(=O)(=O)C(O)(C(=O)O)C(O)(C(=O)ON2CCN(C)CC2)S(=O)(=O)c2ccc(C)cc2)cc1. The van der Waals surface area contributed by atoms with Gasteiger partial charge in [-0.1, -0.05) is 35.4 Å². The maximum atomic E-state index is 13.7. The maximum Gasteiger partial charge on any atom is 0.378 e. The molecule has 1 fully saturated rings. The number of aliphatic hydroxyl groups is 2. The first-order valence-corrected chi connectivity index (χ1v) is 14.0. The molecule has 202 valence electrons. The van der Waals surface area contributed by atoms with E-state index >= 15 is 0 Å². The van der Waals surface area contributed by atoms with Gasteiger partial charge in [-0.25, -0.2) is 26.4 Å². The zero-order valence-corrected chi connectivity index (χ0v) is 22.0. The first kappa shape index (κ1) is 28.7. The van der Waals surface area contributed by atoms with E-state index in [0.29, 0.717) is 24.2 Å². The Labute approximate surface area is 214 Å². The Kier molecular flexibility index (Phi) is 7.84. The van der Waals surface area contributed by atoms with Crippen LogP contribution in [0.1, 0.15) is 11.1 Å². The first-order valence-electron chi connectivity index (χ1n) is 11.1. The van der Waals surface area contributed by atoms with Crippen molar-refractivity contribution in [2.75, 3.05) is 33.2 Å². The molecule has 3 rings (SSSR count). The number of aliphatic carboxylic acids is 1. The van der Waals surface area contributed by atoms with E-state index in [4.69, 9.17) is 4.84 Å². The molecule has 0 saturated carbocycles. The maximum absolute atomic E-state index is 13.7. The van der Waals surface area contributed by atoms with Gasteiger partial charge in [-0.15, -0.1) is 5.06 Å². The number of carboxylic acid groups (broad SMARTS) is 1. The Balaban J connectivity index is 2.28. The van der Waals surface area contributed by atoms with Crippen molar-refractivity contribution in [2.45, 2.75) is 33.5 Å². The van der Waals surface area contributed by atoms with Crippen LogP contribution in [0.4, 0.5) is 0 Å². The number of sulfone groups is 2. The molecular weight excluding hydrogens is 528 g/mol. The molecule has 0 spiro atoms. The van der Waals surface area contributed by atoms with Crippen molar-refractivity contribution in [1.29, 1.82) is 0 Å². The van der Waals surface area contributed by atoms with E-state index in [2.05, 4.69) is 0 Å². The number of likely N-dealkylation sites (N-methyl/N-ethyl adjacent to an activating group) is 1. The fraction of sp³-hybridized carbons (Fsp3) is 0.391. The lowest BCUT2D eigenvalue weighted by atomic mass is 10.2. The molecule has 0 aromatic heterocycles. The van der Waals surface area contributed by atoms with Crippen molar-refractivity contribution in [3.63, 3.8) is 0 Å². The van der Waals surface area contributed by atoms with E-state index in [0.717, 1.165) is 29.3 Å². The van der Waals surface area contributed by atoms with Crippen LogP contribution in [0.25, 0.3) is 0 Å². The molecule has 0 bridgehead atoms. The Hall–Kier alpha value is -2.88. The van der Waals surface area contributed by atoms with Crippen molar-refractivity contribution in [2.24, 2.45) is 0 Å². The zero-order chi connectivity index (χ0) is 27.8. The van der Waals surface area contributed by atoms with Crippen LogP contribution in [0.3, 0.4) is 0 Å². The van der Waals surface area contributed by atoms with Crippen molar-refractivity contribution in [3.8, 4) is 0 Å². The fourth-order valence-electron chi connectivity index (χ4n) is 3.71. The molecule has 2 aromatic carbocycles. The molecule has 2 atom stereocenters. The summed E-state index contributed by atoms with van der Waals surface area (Å²) in [5, 5.41) is 33.8. The number of carbonyl (C=O) groups is 2. The highest BCUT2D eigenvalue weighted by atomic mass is 32.2. The van der Waals surface area contributed by atoms with Gasteiger partial charge in [-0.2, -0.15) is 0 Å². The third-order valence-corrected chi connectivity index (χ3v) is 10.5. The predicted molar refractivity (Wildman–Crippen MR) is 129 cm³/mol. The van der Waals surface area contributed by atoms with Gasteiger partial charge in [-0.05, 0) is 45.2 Å². The number of hydroxylamine groups is 2. The molecule has 12 nitrogen and oxygen atoms in total. The number of piperazine rings is 1. The van der Waals surface area contributed by atoms with E-state index in [1.165, 1.54) is 24.3 Å². The molecule has 14 heteroatoms. The summed E-state index contributed by atoms with van der Waals surface area (Å²) in [6.07, 6.45) is 0. The monoisotopic (exact) mass is 556 g/mol. The normalized spacial score (nSPS) is 18.9. The minimum absolute atomic E-state index is 0.0408. The van der Waals surface area contributed by atoms with Crippen LogP contribution in [-0.2, 0) is 34.1 Å². The molecule has 1 aliphatic rings. The van der Waals surface area contributed by atoms with E-state index < -0.39 is 51.3 Å². The number of benzene rings is 2. The summed E-state index contributed by atoms with van der Waals surface area (Å²) in [6, 6.07) is 8.84. The summed E-state index contributed by atoms with van der Waals surface area (Å²) >= 11 is 0. The Morgan fingerprint density at radius 2 is 1.14 bits per heavy atom. The minimum Gasteiger partial charge on any atom is -0.478 e. The number of nitrogens with zero attached hydrogens (tertiary/aromatic N) is 2. The topological polar surface area (TPSA) is 179 Å². The number of rotatable bonds is 8. The van der Waals surface area contributed by atoms with Crippen LogP contribution in [0.2, 0.25) is 0 Å². The van der Waals surface area contributed by atoms with Crippen molar-refractivity contribution < 1.29 is 46.6 Å². The van der Waals surface area contributed by atoms with Gasteiger partial charge in [-0.3, -0.25) is 0 Å². The molecule has 0 radical (unpaired) electrons. The average molecular weight is 557 g/mol. The third kappa shape index (κ3) is 4.76. The van der Waals surface area contributed by atoms with Gasteiger partial charge in [0.2, 0.25) is 19.7 Å². The van der Waals surface area contributed by atoms with Crippen LogP contribution < -0.4 is 0 Å². The summed E-state index contributed by atoms with van der Waals surface area (Å²) < 4.78 is 54.5. The standard InChI is InChI=1S/C23H28N2O10S2/c1-16-4-8-18(9-5-16)36(31,32)22(29,20(26)27)23(30,21(28)35-25-14-12-24(3)13-15-25)37(33,34)19-10-6-17(2)7-11-19/h4-11,29-30H,12-15H2,1-3H3,(H,26,27). The summed E-state index contributed by atoms with van der Waals surface area (Å²) in [5.41, 5.74) is 1.14. The molecule has 2 aromatic rings. The molecule has 2 unspecified atom stereocenters. The Bertz CT molecular complexity index is 1380. The Morgan fingerprint density at radius 1 is 0.757 bits per heavy atom. The van der Waals surface area contributed by atoms with E-state index in [9.17, 15) is 41.7 Å². The quantitative estimate of drug-likeness (QED) is 0.388. The van der Waals surface area contributed by atoms with Crippen molar-refractivity contribution in [3.05, 3.63) is 59.7 Å². The highest BCUT2D eigenvalue weighted by Crippen LogP contribution is 2.42. The lowest BCUT2D eigenvalue weighted by Crippen LogP contribution is -2.71. The van der Waals surface area contributed by atoms with Gasteiger partial charge in [0.15, 0.2) is 0 Å². The first-order chi connectivity index (χ1) is 17.1. The molecule has 37 heavy (non-hydrogen) atoms. The van der Waals surface area contributed by atoms with E-state index in [1.807, 2.05) is 4.90 Å². The largest absolute Gasteiger partial charge is 0.478 e. The third-order valence-electron chi connectivity index (χ3n) is 6.14. The molecule has 3 N–H and O–H groups in total. The lowest BCUT2D eigenvalue weighted by molar-refractivity contribution is -0.219. The second-order valence-electron chi connectivity index (χ2n) is 8.84. The van der Waals surface area contributed by atoms with Gasteiger partial charge in [0, 0.05) is 26.2 Å². The molecule has 0 amide bonds. The van der Waals surface area contributed by atoms with Crippen molar-refractivity contribution >= 4 is 31.6 Å². The van der Waals surface area contributed by atoms with Crippen LogP contribution in [-0.4, -0.2) is 97.1 Å². The second-order valence-corrected chi connectivity index (χ2v) is 13.0.